The van der Waals surface area contributed by atoms with Crippen LogP contribution < -0.4 is 5.32 Å². The van der Waals surface area contributed by atoms with E-state index < -0.39 is 0 Å². The lowest BCUT2D eigenvalue weighted by molar-refractivity contribution is 0.567. The Morgan fingerprint density at radius 1 is 1.11 bits per heavy atom. The molecule has 0 aliphatic heterocycles. The van der Waals surface area contributed by atoms with Gasteiger partial charge in [-0.05, 0) is 31.2 Å². The van der Waals surface area contributed by atoms with Crippen LogP contribution in [0.2, 0.25) is 0 Å². The predicted octanol–water partition coefficient (Wildman–Crippen LogP) is 3.95. The summed E-state index contributed by atoms with van der Waals surface area (Å²) in [5, 5.41) is 4.16. The Morgan fingerprint density at radius 2 is 2.00 bits per heavy atom. The first-order valence-corrected chi connectivity index (χ1v) is 7.27. The highest BCUT2D eigenvalue weighted by Crippen LogP contribution is 2.18. The molecule has 0 saturated carbocycles. The van der Waals surface area contributed by atoms with E-state index in [0.29, 0.717) is 5.39 Å². The van der Waals surface area contributed by atoms with Crippen LogP contribution in [0.4, 0.5) is 4.39 Å². The highest BCUT2D eigenvalue weighted by atomic mass is 19.1. The molecule has 1 heterocycles. The van der Waals surface area contributed by atoms with Gasteiger partial charge in [0.05, 0.1) is 5.52 Å². The second-order valence-electron chi connectivity index (χ2n) is 4.99. The van der Waals surface area contributed by atoms with Crippen molar-refractivity contribution in [3.05, 3.63) is 36.3 Å². The van der Waals surface area contributed by atoms with E-state index in [1.807, 2.05) is 18.3 Å². The van der Waals surface area contributed by atoms with Crippen molar-refractivity contribution in [1.82, 2.24) is 9.88 Å². The summed E-state index contributed by atoms with van der Waals surface area (Å²) in [4.78, 5) is 0. The van der Waals surface area contributed by atoms with Gasteiger partial charge in [0.25, 0.3) is 0 Å². The Hall–Kier alpha value is -1.35. The van der Waals surface area contributed by atoms with Crippen LogP contribution in [0.15, 0.2) is 30.5 Å². The van der Waals surface area contributed by atoms with Gasteiger partial charge >= 0.3 is 0 Å². The van der Waals surface area contributed by atoms with Gasteiger partial charge < -0.3 is 9.88 Å². The molecule has 0 radical (unpaired) electrons. The summed E-state index contributed by atoms with van der Waals surface area (Å²) in [6, 6.07) is 7.11. The van der Waals surface area contributed by atoms with Gasteiger partial charge in [-0.25, -0.2) is 4.39 Å². The van der Waals surface area contributed by atoms with Crippen molar-refractivity contribution < 1.29 is 4.39 Å². The molecule has 3 heteroatoms. The largest absolute Gasteiger partial charge is 0.346 e. The minimum absolute atomic E-state index is 0.135. The Balaban J connectivity index is 1.77. The Kier molecular flexibility index (Phi) is 5.40. The molecule has 2 nitrogen and oxygen atoms in total. The minimum Gasteiger partial charge on any atom is -0.346 e. The number of halogens is 1. The molecule has 0 amide bonds. The van der Waals surface area contributed by atoms with Crippen molar-refractivity contribution in [2.75, 3.05) is 13.1 Å². The number of aromatic nitrogens is 1. The minimum atomic E-state index is -0.135. The predicted molar refractivity (Wildman–Crippen MR) is 78.9 cm³/mol. The summed E-state index contributed by atoms with van der Waals surface area (Å²) in [7, 11) is 0. The van der Waals surface area contributed by atoms with Gasteiger partial charge in [0.15, 0.2) is 0 Å². The van der Waals surface area contributed by atoms with Gasteiger partial charge in [0, 0.05) is 24.7 Å². The third-order valence-corrected chi connectivity index (χ3v) is 3.50. The van der Waals surface area contributed by atoms with Gasteiger partial charge in [0.2, 0.25) is 0 Å². The van der Waals surface area contributed by atoms with Crippen LogP contribution >= 0.6 is 0 Å². The molecule has 0 aliphatic rings. The standard InChI is InChI=1S/C16H23FN2/c1-2-3-4-5-10-18-11-13-19-12-9-14-15(17)7-6-8-16(14)19/h6-9,12,18H,2-5,10-11,13H2,1H3. The fraction of sp³-hybridized carbons (Fsp3) is 0.500. The molecule has 0 spiro atoms. The maximum atomic E-state index is 13.5. The fourth-order valence-electron chi connectivity index (χ4n) is 2.38. The van der Waals surface area contributed by atoms with Crippen LogP contribution in [0.1, 0.15) is 32.6 Å². The lowest BCUT2D eigenvalue weighted by Crippen LogP contribution is -2.20. The van der Waals surface area contributed by atoms with Gasteiger partial charge in [0.1, 0.15) is 5.82 Å². The maximum Gasteiger partial charge on any atom is 0.132 e. The van der Waals surface area contributed by atoms with Crippen LogP contribution in [0, 0.1) is 5.82 Å². The molecule has 104 valence electrons. The first kappa shape index (κ1) is 14.1. The van der Waals surface area contributed by atoms with Crippen molar-refractivity contribution in [2.24, 2.45) is 0 Å². The highest BCUT2D eigenvalue weighted by Gasteiger charge is 2.04. The molecular weight excluding hydrogens is 239 g/mol. The molecule has 2 aromatic rings. The average Bonchev–Trinajstić information content (AvgIpc) is 2.83. The van der Waals surface area contributed by atoms with Gasteiger partial charge in [-0.3, -0.25) is 0 Å². The number of rotatable bonds is 8. The summed E-state index contributed by atoms with van der Waals surface area (Å²) in [5.41, 5.74) is 0.979. The van der Waals surface area contributed by atoms with E-state index in [-0.39, 0.29) is 5.82 Å². The van der Waals surface area contributed by atoms with Crippen LogP contribution in [0.3, 0.4) is 0 Å². The smallest absolute Gasteiger partial charge is 0.132 e. The number of benzene rings is 1. The third kappa shape index (κ3) is 3.80. The van der Waals surface area contributed by atoms with Gasteiger partial charge in [-0.15, -0.1) is 0 Å². The zero-order valence-corrected chi connectivity index (χ0v) is 11.7. The molecule has 0 atom stereocenters. The molecule has 0 bridgehead atoms. The van der Waals surface area contributed by atoms with Crippen LogP contribution in [-0.4, -0.2) is 17.7 Å². The molecule has 2 rings (SSSR count). The van der Waals surface area contributed by atoms with Crippen molar-refractivity contribution in [1.29, 1.82) is 0 Å². The molecule has 0 aliphatic carbocycles. The van der Waals surface area contributed by atoms with E-state index in [9.17, 15) is 4.39 Å². The number of nitrogens with one attached hydrogen (secondary N) is 1. The van der Waals surface area contributed by atoms with E-state index in [4.69, 9.17) is 0 Å². The molecular formula is C16H23FN2. The monoisotopic (exact) mass is 262 g/mol. The first-order valence-electron chi connectivity index (χ1n) is 7.27. The first-order chi connectivity index (χ1) is 9.33. The number of hydrogen-bond donors (Lipinski definition) is 1. The highest BCUT2D eigenvalue weighted by molar-refractivity contribution is 5.80. The Bertz CT molecular complexity index is 504. The lowest BCUT2D eigenvalue weighted by Gasteiger charge is -2.07. The Morgan fingerprint density at radius 3 is 2.84 bits per heavy atom. The summed E-state index contributed by atoms with van der Waals surface area (Å²) in [5.74, 6) is -0.135. The van der Waals surface area contributed by atoms with Crippen molar-refractivity contribution in [3.63, 3.8) is 0 Å². The van der Waals surface area contributed by atoms with Crippen LogP contribution in [-0.2, 0) is 6.54 Å². The normalized spacial score (nSPS) is 11.3. The third-order valence-electron chi connectivity index (χ3n) is 3.50. The number of fused-ring (bicyclic) bond motifs is 1. The zero-order chi connectivity index (χ0) is 13.5. The van der Waals surface area contributed by atoms with Crippen molar-refractivity contribution in [2.45, 2.75) is 39.2 Å². The molecule has 0 saturated heterocycles. The molecule has 1 aromatic carbocycles. The second-order valence-corrected chi connectivity index (χ2v) is 4.99. The van der Waals surface area contributed by atoms with E-state index in [0.717, 1.165) is 25.2 Å². The van der Waals surface area contributed by atoms with Gasteiger partial charge in [-0.2, -0.15) is 0 Å². The zero-order valence-electron chi connectivity index (χ0n) is 11.7. The molecule has 0 unspecified atom stereocenters. The van der Waals surface area contributed by atoms with E-state index in [2.05, 4.69) is 16.8 Å². The molecule has 1 N–H and O–H groups in total. The summed E-state index contributed by atoms with van der Waals surface area (Å²) in [6.45, 7) is 5.13. The van der Waals surface area contributed by atoms with Crippen LogP contribution in [0.25, 0.3) is 10.9 Å². The average molecular weight is 262 g/mol. The van der Waals surface area contributed by atoms with Crippen molar-refractivity contribution >= 4 is 10.9 Å². The van der Waals surface area contributed by atoms with Crippen LogP contribution in [0.5, 0.6) is 0 Å². The van der Waals surface area contributed by atoms with E-state index in [1.54, 1.807) is 6.07 Å². The Labute approximate surface area is 114 Å². The van der Waals surface area contributed by atoms with E-state index in [1.165, 1.54) is 31.7 Å². The van der Waals surface area contributed by atoms with Crippen molar-refractivity contribution in [3.8, 4) is 0 Å². The maximum absolute atomic E-state index is 13.5. The molecule has 0 fully saturated rings. The molecule has 19 heavy (non-hydrogen) atoms. The van der Waals surface area contributed by atoms with Gasteiger partial charge in [-0.1, -0.05) is 32.3 Å². The summed E-state index contributed by atoms with van der Waals surface area (Å²) >= 11 is 0. The number of hydrogen-bond acceptors (Lipinski definition) is 1. The number of nitrogens with zero attached hydrogens (tertiary/aromatic N) is 1. The second kappa shape index (κ2) is 7.29. The SMILES string of the molecule is CCCCCCNCCn1ccc2c(F)cccc21. The quantitative estimate of drug-likeness (QED) is 0.713. The summed E-state index contributed by atoms with van der Waals surface area (Å²) < 4.78 is 15.6. The lowest BCUT2D eigenvalue weighted by atomic mass is 10.2. The fourth-order valence-corrected chi connectivity index (χ4v) is 2.38. The van der Waals surface area contributed by atoms with E-state index >= 15 is 0 Å². The number of unbranched alkanes of at least 4 members (excludes halogenated alkanes) is 3. The molecule has 1 aromatic heterocycles. The summed E-state index contributed by atoms with van der Waals surface area (Å²) in [6.07, 6.45) is 7.12. The topological polar surface area (TPSA) is 17.0 Å².